The third-order valence-corrected chi connectivity index (χ3v) is 3.94. The lowest BCUT2D eigenvalue weighted by Crippen LogP contribution is -2.12. The van der Waals surface area contributed by atoms with E-state index in [9.17, 15) is 4.79 Å². The van der Waals surface area contributed by atoms with Gasteiger partial charge in [-0.1, -0.05) is 39.6 Å². The number of nitrogens with zero attached hydrogens (tertiary/aromatic N) is 4. The summed E-state index contributed by atoms with van der Waals surface area (Å²) < 4.78 is 3.63. The Morgan fingerprint density at radius 3 is 2.90 bits per heavy atom. The molecule has 0 atom stereocenters. The molecule has 0 saturated carbocycles. The number of anilines is 1. The summed E-state index contributed by atoms with van der Waals surface area (Å²) in [6, 6.07) is 7.28. The minimum absolute atomic E-state index is 0.259. The second kappa shape index (κ2) is 5.61. The number of nitrogens with one attached hydrogen (secondary N) is 1. The maximum Gasteiger partial charge on any atom is 0.278 e. The van der Waals surface area contributed by atoms with Crippen molar-refractivity contribution in [3.63, 3.8) is 0 Å². The van der Waals surface area contributed by atoms with Gasteiger partial charge >= 0.3 is 0 Å². The summed E-state index contributed by atoms with van der Waals surface area (Å²) in [7, 11) is 0. The maximum absolute atomic E-state index is 11.8. The lowest BCUT2D eigenvalue weighted by molar-refractivity contribution is 0.102. The van der Waals surface area contributed by atoms with Crippen LogP contribution < -0.4 is 5.32 Å². The number of hydrogen-bond acceptors (Lipinski definition) is 7. The molecule has 0 aliphatic carbocycles. The minimum Gasteiger partial charge on any atom is -0.295 e. The second-order valence-electron chi connectivity index (χ2n) is 3.67. The molecule has 0 radical (unpaired) electrons. The fraction of sp³-hybridized carbons (Fsp3) is 0. The fourth-order valence-electron chi connectivity index (χ4n) is 1.44. The van der Waals surface area contributed by atoms with E-state index in [-0.39, 0.29) is 11.6 Å². The molecule has 0 bridgehead atoms. The summed E-state index contributed by atoms with van der Waals surface area (Å²) in [6.07, 6.45) is 0. The molecule has 0 aliphatic heterocycles. The Bertz CT molecular complexity index is 743. The topological polar surface area (TPSA) is 80.7 Å². The molecule has 9 heteroatoms. The van der Waals surface area contributed by atoms with E-state index in [1.807, 2.05) is 12.1 Å². The van der Waals surface area contributed by atoms with Gasteiger partial charge in [0.1, 0.15) is 5.01 Å². The zero-order valence-electron chi connectivity index (χ0n) is 9.78. The quantitative estimate of drug-likeness (QED) is 0.801. The van der Waals surface area contributed by atoms with Crippen molar-refractivity contribution >= 4 is 45.5 Å². The van der Waals surface area contributed by atoms with Crippen LogP contribution in [0.25, 0.3) is 10.6 Å². The normalized spacial score (nSPS) is 10.4. The molecular weight excluding hydrogens is 318 g/mol. The highest BCUT2D eigenvalue weighted by Gasteiger charge is 2.13. The number of carbonyl (C=O) groups is 1. The Morgan fingerprint density at radius 1 is 1.25 bits per heavy atom. The van der Waals surface area contributed by atoms with Gasteiger partial charge in [-0.3, -0.25) is 10.1 Å². The lowest BCUT2D eigenvalue weighted by Gasteiger charge is -1.96. The molecule has 1 amide bonds. The van der Waals surface area contributed by atoms with Crippen LogP contribution in [0.5, 0.6) is 0 Å². The molecule has 0 spiro atoms. The molecule has 1 N–H and O–H groups in total. The van der Waals surface area contributed by atoms with Gasteiger partial charge in [-0.25, -0.2) is 0 Å². The van der Waals surface area contributed by atoms with Gasteiger partial charge in [-0.05, 0) is 23.7 Å². The maximum atomic E-state index is 11.8. The van der Waals surface area contributed by atoms with Crippen LogP contribution in [0.3, 0.4) is 0 Å². The number of halogens is 1. The van der Waals surface area contributed by atoms with Crippen molar-refractivity contribution in [2.45, 2.75) is 0 Å². The average molecular weight is 324 g/mol. The molecule has 0 saturated heterocycles. The van der Waals surface area contributed by atoms with E-state index < -0.39 is 0 Å². The third-order valence-electron chi connectivity index (χ3n) is 2.31. The van der Waals surface area contributed by atoms with Gasteiger partial charge in [0.15, 0.2) is 5.69 Å². The van der Waals surface area contributed by atoms with Gasteiger partial charge in [0, 0.05) is 16.0 Å². The van der Waals surface area contributed by atoms with Gasteiger partial charge in [-0.15, -0.1) is 15.3 Å². The molecule has 0 aliphatic rings. The van der Waals surface area contributed by atoms with Crippen LogP contribution in [0.1, 0.15) is 10.5 Å². The molecule has 6 nitrogen and oxygen atoms in total. The number of rotatable bonds is 3. The summed E-state index contributed by atoms with van der Waals surface area (Å²) in [5, 5.41) is 17.5. The fourth-order valence-corrected chi connectivity index (χ4v) is 2.80. The molecular formula is C11H6ClN5OS2. The smallest absolute Gasteiger partial charge is 0.278 e. The highest BCUT2D eigenvalue weighted by atomic mass is 35.5. The number of hydrogen-bond donors (Lipinski definition) is 1. The zero-order chi connectivity index (χ0) is 13.9. The van der Waals surface area contributed by atoms with Gasteiger partial charge in [-0.2, -0.15) is 0 Å². The Labute approximate surface area is 126 Å². The first-order valence-electron chi connectivity index (χ1n) is 5.40. The van der Waals surface area contributed by atoms with E-state index in [1.165, 1.54) is 11.3 Å². The van der Waals surface area contributed by atoms with Crippen LogP contribution in [0.2, 0.25) is 5.02 Å². The molecule has 2 aromatic heterocycles. The van der Waals surface area contributed by atoms with Crippen LogP contribution in [-0.2, 0) is 0 Å². The molecule has 0 fully saturated rings. The number of benzene rings is 1. The zero-order valence-corrected chi connectivity index (χ0v) is 12.2. The number of amides is 1. The van der Waals surface area contributed by atoms with Crippen molar-refractivity contribution < 1.29 is 4.79 Å². The average Bonchev–Trinajstić information content (AvgIpc) is 3.10. The van der Waals surface area contributed by atoms with Crippen LogP contribution in [0, 0.1) is 0 Å². The number of carbonyl (C=O) groups excluding carboxylic acids is 1. The summed E-state index contributed by atoms with van der Waals surface area (Å²) in [6.45, 7) is 0. The van der Waals surface area contributed by atoms with Crippen molar-refractivity contribution in [3.8, 4) is 10.6 Å². The van der Waals surface area contributed by atoms with E-state index >= 15 is 0 Å². The first-order valence-corrected chi connectivity index (χ1v) is 7.43. The standard InChI is InChI=1S/C11H6ClN5OS2/c12-7-3-1-2-6(4-7)10-15-16-11(20-10)13-9(18)8-5-19-17-14-8/h1-5H,(H,13,16,18). The monoisotopic (exact) mass is 323 g/mol. The van der Waals surface area contributed by atoms with Crippen LogP contribution in [0.4, 0.5) is 5.13 Å². The first kappa shape index (κ1) is 13.1. The molecule has 3 aromatic rings. The molecule has 20 heavy (non-hydrogen) atoms. The highest BCUT2D eigenvalue weighted by molar-refractivity contribution is 7.18. The second-order valence-corrected chi connectivity index (χ2v) is 5.69. The molecule has 100 valence electrons. The minimum atomic E-state index is -0.354. The lowest BCUT2D eigenvalue weighted by atomic mass is 10.2. The Hall–Kier alpha value is -1.90. The first-order chi connectivity index (χ1) is 9.72. The van der Waals surface area contributed by atoms with Crippen molar-refractivity contribution in [2.24, 2.45) is 0 Å². The van der Waals surface area contributed by atoms with Crippen molar-refractivity contribution in [1.29, 1.82) is 0 Å². The summed E-state index contributed by atoms with van der Waals surface area (Å²) in [5.41, 5.74) is 1.11. The molecule has 2 heterocycles. The summed E-state index contributed by atoms with van der Waals surface area (Å²) in [4.78, 5) is 11.8. The van der Waals surface area contributed by atoms with E-state index in [4.69, 9.17) is 11.6 Å². The number of aromatic nitrogens is 4. The Kier molecular flexibility index (Phi) is 3.68. The van der Waals surface area contributed by atoms with Crippen LogP contribution >= 0.6 is 34.5 Å². The molecule has 1 aromatic carbocycles. The Morgan fingerprint density at radius 2 is 2.15 bits per heavy atom. The van der Waals surface area contributed by atoms with E-state index in [1.54, 1.807) is 17.5 Å². The molecule has 3 rings (SSSR count). The van der Waals surface area contributed by atoms with Crippen LogP contribution in [-0.4, -0.2) is 25.7 Å². The predicted molar refractivity (Wildman–Crippen MR) is 78.2 cm³/mol. The van der Waals surface area contributed by atoms with Crippen molar-refractivity contribution in [1.82, 2.24) is 19.8 Å². The Balaban J connectivity index is 1.79. The van der Waals surface area contributed by atoms with Gasteiger partial charge in [0.05, 0.1) is 0 Å². The van der Waals surface area contributed by atoms with Gasteiger partial charge in [0.2, 0.25) is 5.13 Å². The largest absolute Gasteiger partial charge is 0.295 e. The third kappa shape index (κ3) is 2.82. The van der Waals surface area contributed by atoms with Crippen LogP contribution in [0.15, 0.2) is 29.6 Å². The SMILES string of the molecule is O=C(Nc1nnc(-c2cccc(Cl)c2)s1)c1csnn1. The molecule has 0 unspecified atom stereocenters. The van der Waals surface area contributed by atoms with Crippen molar-refractivity contribution in [3.05, 3.63) is 40.4 Å². The van der Waals surface area contributed by atoms with E-state index in [0.29, 0.717) is 15.2 Å². The van der Waals surface area contributed by atoms with E-state index in [2.05, 4.69) is 25.1 Å². The van der Waals surface area contributed by atoms with E-state index in [0.717, 1.165) is 17.1 Å². The predicted octanol–water partition coefficient (Wildman–Crippen LogP) is 2.96. The highest BCUT2D eigenvalue weighted by Crippen LogP contribution is 2.28. The van der Waals surface area contributed by atoms with Gasteiger partial charge in [0.25, 0.3) is 5.91 Å². The summed E-state index contributed by atoms with van der Waals surface area (Å²) in [5.74, 6) is -0.354. The van der Waals surface area contributed by atoms with Gasteiger partial charge < -0.3 is 0 Å². The van der Waals surface area contributed by atoms with Crippen molar-refractivity contribution in [2.75, 3.05) is 5.32 Å². The summed E-state index contributed by atoms with van der Waals surface area (Å²) >= 11 is 8.30.